The molecule has 0 aliphatic rings. The summed E-state index contributed by atoms with van der Waals surface area (Å²) in [7, 11) is 0. The van der Waals surface area contributed by atoms with Crippen LogP contribution < -0.4 is 16.0 Å². The SMILES string of the molecule is CC(C)(C)OC(=O)NCCC(=O)Nc1ccc(NC(=O)CC#N)cc1. The van der Waals surface area contributed by atoms with Crippen molar-refractivity contribution in [3.63, 3.8) is 0 Å². The number of hydrogen-bond acceptors (Lipinski definition) is 5. The highest BCUT2D eigenvalue weighted by Crippen LogP contribution is 2.14. The first kappa shape index (κ1) is 20.0. The molecule has 8 nitrogen and oxygen atoms in total. The molecule has 1 aromatic rings. The number of nitrogens with zero attached hydrogens (tertiary/aromatic N) is 1. The van der Waals surface area contributed by atoms with Gasteiger partial charge in [0.25, 0.3) is 0 Å². The first-order chi connectivity index (χ1) is 11.7. The van der Waals surface area contributed by atoms with Gasteiger partial charge in [0.15, 0.2) is 0 Å². The molecule has 0 aromatic heterocycles. The minimum atomic E-state index is -0.587. The number of hydrogen-bond donors (Lipinski definition) is 3. The van der Waals surface area contributed by atoms with Gasteiger partial charge >= 0.3 is 6.09 Å². The first-order valence-electron chi connectivity index (χ1n) is 7.73. The molecule has 0 radical (unpaired) electrons. The molecule has 0 spiro atoms. The van der Waals surface area contributed by atoms with E-state index in [9.17, 15) is 14.4 Å². The van der Waals surface area contributed by atoms with Crippen LogP contribution in [-0.4, -0.2) is 30.1 Å². The van der Waals surface area contributed by atoms with Gasteiger partial charge < -0.3 is 20.7 Å². The van der Waals surface area contributed by atoms with Crippen LogP contribution in [0.3, 0.4) is 0 Å². The molecule has 0 atom stereocenters. The van der Waals surface area contributed by atoms with E-state index in [0.29, 0.717) is 11.4 Å². The van der Waals surface area contributed by atoms with Gasteiger partial charge in [-0.25, -0.2) is 4.79 Å². The topological polar surface area (TPSA) is 120 Å². The summed E-state index contributed by atoms with van der Waals surface area (Å²) in [6.07, 6.45) is -0.694. The molecule has 0 aliphatic carbocycles. The van der Waals surface area contributed by atoms with Crippen LogP contribution in [0.2, 0.25) is 0 Å². The van der Waals surface area contributed by atoms with Crippen molar-refractivity contribution in [3.8, 4) is 6.07 Å². The highest BCUT2D eigenvalue weighted by molar-refractivity contribution is 5.93. The first-order valence-corrected chi connectivity index (χ1v) is 7.73. The van der Waals surface area contributed by atoms with Crippen molar-refractivity contribution in [1.29, 1.82) is 5.26 Å². The van der Waals surface area contributed by atoms with Gasteiger partial charge in [0.1, 0.15) is 12.0 Å². The molecule has 134 valence electrons. The number of nitrogens with one attached hydrogen (secondary N) is 3. The van der Waals surface area contributed by atoms with E-state index < -0.39 is 17.6 Å². The lowest BCUT2D eigenvalue weighted by atomic mass is 10.2. The van der Waals surface area contributed by atoms with Crippen molar-refractivity contribution in [3.05, 3.63) is 24.3 Å². The van der Waals surface area contributed by atoms with E-state index in [4.69, 9.17) is 10.00 Å². The lowest BCUT2D eigenvalue weighted by Crippen LogP contribution is -2.34. The highest BCUT2D eigenvalue weighted by atomic mass is 16.6. The van der Waals surface area contributed by atoms with Gasteiger partial charge in [-0.05, 0) is 45.0 Å². The molecule has 0 saturated carbocycles. The standard InChI is InChI=1S/C17H22N4O4/c1-17(2,3)25-16(24)19-11-9-15(23)21-13-6-4-12(5-7-13)20-14(22)8-10-18/h4-7H,8-9,11H2,1-3H3,(H,19,24)(H,20,22)(H,21,23). The third-order valence-corrected chi connectivity index (χ3v) is 2.71. The molecule has 0 bridgehead atoms. The van der Waals surface area contributed by atoms with Crippen molar-refractivity contribution >= 4 is 29.3 Å². The van der Waals surface area contributed by atoms with E-state index in [1.165, 1.54) is 0 Å². The maximum Gasteiger partial charge on any atom is 0.407 e. The van der Waals surface area contributed by atoms with Gasteiger partial charge in [-0.2, -0.15) is 5.26 Å². The quantitative estimate of drug-likeness (QED) is 0.730. The molecule has 3 amide bonds. The van der Waals surface area contributed by atoms with Crippen LogP contribution in [0.5, 0.6) is 0 Å². The molecule has 1 rings (SSSR count). The zero-order valence-electron chi connectivity index (χ0n) is 14.5. The maximum atomic E-state index is 11.8. The summed E-state index contributed by atoms with van der Waals surface area (Å²) in [5.41, 5.74) is 0.502. The van der Waals surface area contributed by atoms with Crippen molar-refractivity contribution < 1.29 is 19.1 Å². The van der Waals surface area contributed by atoms with Crippen molar-refractivity contribution in [1.82, 2.24) is 5.32 Å². The predicted molar refractivity (Wildman–Crippen MR) is 92.8 cm³/mol. The van der Waals surface area contributed by atoms with Gasteiger partial charge in [-0.15, -0.1) is 0 Å². The molecular formula is C17H22N4O4. The Bertz CT molecular complexity index is 657. The lowest BCUT2D eigenvalue weighted by Gasteiger charge is -2.19. The van der Waals surface area contributed by atoms with E-state index in [-0.39, 0.29) is 25.3 Å². The zero-order valence-corrected chi connectivity index (χ0v) is 14.5. The Labute approximate surface area is 146 Å². The number of nitriles is 1. The molecule has 0 fully saturated rings. The molecule has 25 heavy (non-hydrogen) atoms. The average Bonchev–Trinajstić information content (AvgIpc) is 2.47. The summed E-state index contributed by atoms with van der Waals surface area (Å²) >= 11 is 0. The summed E-state index contributed by atoms with van der Waals surface area (Å²) in [4.78, 5) is 34.6. The number of ether oxygens (including phenoxy) is 1. The summed E-state index contributed by atoms with van der Waals surface area (Å²) in [6.45, 7) is 5.42. The second kappa shape index (κ2) is 9.27. The summed E-state index contributed by atoms with van der Waals surface area (Å²) in [5.74, 6) is -0.662. The van der Waals surface area contributed by atoms with E-state index in [2.05, 4.69) is 16.0 Å². The molecule has 0 heterocycles. The second-order valence-corrected chi connectivity index (χ2v) is 6.19. The van der Waals surface area contributed by atoms with E-state index in [0.717, 1.165) is 0 Å². The number of amides is 3. The fourth-order valence-electron chi connectivity index (χ4n) is 1.73. The van der Waals surface area contributed by atoms with Crippen LogP contribution in [-0.2, 0) is 14.3 Å². The normalized spacial score (nSPS) is 10.3. The van der Waals surface area contributed by atoms with E-state index >= 15 is 0 Å². The van der Waals surface area contributed by atoms with Gasteiger partial charge in [0.05, 0.1) is 6.07 Å². The number of alkyl carbamates (subject to hydrolysis) is 1. The van der Waals surface area contributed by atoms with E-state index in [1.54, 1.807) is 51.1 Å². The fraction of sp³-hybridized carbons (Fsp3) is 0.412. The Morgan fingerprint density at radius 1 is 1.04 bits per heavy atom. The van der Waals surface area contributed by atoms with Crippen molar-refractivity contribution in [2.24, 2.45) is 0 Å². The number of carbonyl (C=O) groups excluding carboxylic acids is 3. The predicted octanol–water partition coefficient (Wildman–Crippen LogP) is 2.39. The molecular weight excluding hydrogens is 324 g/mol. The summed E-state index contributed by atoms with van der Waals surface area (Å²) in [5, 5.41) is 16.2. The number of rotatable bonds is 6. The van der Waals surface area contributed by atoms with Gasteiger partial charge in [-0.1, -0.05) is 0 Å². The summed E-state index contributed by atoms with van der Waals surface area (Å²) in [6, 6.07) is 8.24. The average molecular weight is 346 g/mol. The van der Waals surface area contributed by atoms with Crippen molar-refractivity contribution in [2.45, 2.75) is 39.2 Å². The number of anilines is 2. The van der Waals surface area contributed by atoms with Gasteiger partial charge in [0, 0.05) is 24.3 Å². The highest BCUT2D eigenvalue weighted by Gasteiger charge is 2.15. The Morgan fingerprint density at radius 3 is 2.04 bits per heavy atom. The maximum absolute atomic E-state index is 11.8. The zero-order chi connectivity index (χ0) is 18.9. The largest absolute Gasteiger partial charge is 0.444 e. The number of benzene rings is 1. The lowest BCUT2D eigenvalue weighted by molar-refractivity contribution is -0.116. The molecule has 0 unspecified atom stereocenters. The molecule has 3 N–H and O–H groups in total. The fourth-order valence-corrected chi connectivity index (χ4v) is 1.73. The Balaban J connectivity index is 2.36. The van der Waals surface area contributed by atoms with Crippen LogP contribution in [0.4, 0.5) is 16.2 Å². The molecule has 8 heteroatoms. The monoisotopic (exact) mass is 346 g/mol. The van der Waals surface area contributed by atoms with Crippen LogP contribution in [0.15, 0.2) is 24.3 Å². The van der Waals surface area contributed by atoms with Crippen LogP contribution in [0.1, 0.15) is 33.6 Å². The Morgan fingerprint density at radius 2 is 1.56 bits per heavy atom. The van der Waals surface area contributed by atoms with Gasteiger partial charge in [-0.3, -0.25) is 9.59 Å². The van der Waals surface area contributed by atoms with E-state index in [1.807, 2.05) is 0 Å². The minimum absolute atomic E-state index is 0.0971. The van der Waals surface area contributed by atoms with Gasteiger partial charge in [0.2, 0.25) is 11.8 Å². The third-order valence-electron chi connectivity index (χ3n) is 2.71. The molecule has 0 aliphatic heterocycles. The Hall–Kier alpha value is -3.08. The van der Waals surface area contributed by atoms with Crippen LogP contribution >= 0.6 is 0 Å². The second-order valence-electron chi connectivity index (χ2n) is 6.19. The Kier molecular flexibility index (Phi) is 7.41. The molecule has 1 aromatic carbocycles. The van der Waals surface area contributed by atoms with Crippen molar-refractivity contribution in [2.75, 3.05) is 17.2 Å². The van der Waals surface area contributed by atoms with Crippen LogP contribution in [0.25, 0.3) is 0 Å². The minimum Gasteiger partial charge on any atom is -0.444 e. The summed E-state index contributed by atoms with van der Waals surface area (Å²) < 4.78 is 5.06. The third kappa shape index (κ3) is 8.95. The number of carbonyl (C=O) groups is 3. The van der Waals surface area contributed by atoms with Crippen LogP contribution in [0, 0.1) is 11.3 Å². The molecule has 0 saturated heterocycles. The smallest absolute Gasteiger partial charge is 0.407 e.